The molecule has 0 aromatic carbocycles. The van der Waals surface area contributed by atoms with Crippen LogP contribution in [0.2, 0.25) is 0 Å². The SMILES string of the molecule is CCC(CC)N(C)CCC(NC1CC1)C(=O)OC. The number of ether oxygens (including phenoxy) is 1. The molecule has 0 spiro atoms. The molecule has 1 atom stereocenters. The van der Waals surface area contributed by atoms with Crippen LogP contribution in [0, 0.1) is 0 Å². The molecule has 0 heterocycles. The van der Waals surface area contributed by atoms with Crippen molar-refractivity contribution in [2.75, 3.05) is 20.7 Å². The summed E-state index contributed by atoms with van der Waals surface area (Å²) in [7, 11) is 3.61. The maximum Gasteiger partial charge on any atom is 0.322 e. The van der Waals surface area contributed by atoms with Crippen molar-refractivity contribution in [1.29, 1.82) is 0 Å². The predicted molar refractivity (Wildman–Crippen MR) is 73.6 cm³/mol. The van der Waals surface area contributed by atoms with Gasteiger partial charge in [0, 0.05) is 18.6 Å². The van der Waals surface area contributed by atoms with Crippen molar-refractivity contribution in [2.24, 2.45) is 0 Å². The van der Waals surface area contributed by atoms with E-state index in [4.69, 9.17) is 4.74 Å². The predicted octanol–water partition coefficient (Wildman–Crippen LogP) is 1.79. The largest absolute Gasteiger partial charge is 0.468 e. The molecular formula is C14H28N2O2. The molecule has 0 bridgehead atoms. The van der Waals surface area contributed by atoms with E-state index >= 15 is 0 Å². The first kappa shape index (κ1) is 15.4. The van der Waals surface area contributed by atoms with Crippen molar-refractivity contribution in [1.82, 2.24) is 10.2 Å². The topological polar surface area (TPSA) is 41.6 Å². The van der Waals surface area contributed by atoms with E-state index in [9.17, 15) is 4.79 Å². The average Bonchev–Trinajstić information content (AvgIpc) is 3.18. The van der Waals surface area contributed by atoms with Crippen LogP contribution < -0.4 is 5.32 Å². The van der Waals surface area contributed by atoms with Crippen LogP contribution in [0.5, 0.6) is 0 Å². The molecule has 0 aliphatic heterocycles. The lowest BCUT2D eigenvalue weighted by Crippen LogP contribution is -2.42. The second-order valence-electron chi connectivity index (χ2n) is 5.26. The molecule has 0 aromatic rings. The van der Waals surface area contributed by atoms with E-state index in [1.165, 1.54) is 20.0 Å². The van der Waals surface area contributed by atoms with Crippen LogP contribution in [-0.2, 0) is 9.53 Å². The van der Waals surface area contributed by atoms with Gasteiger partial charge in [-0.15, -0.1) is 0 Å². The van der Waals surface area contributed by atoms with Gasteiger partial charge in [-0.25, -0.2) is 0 Å². The third kappa shape index (κ3) is 4.94. The zero-order valence-corrected chi connectivity index (χ0v) is 12.2. The summed E-state index contributed by atoms with van der Waals surface area (Å²) < 4.78 is 4.87. The van der Waals surface area contributed by atoms with E-state index < -0.39 is 0 Å². The number of carbonyl (C=O) groups is 1. The quantitative estimate of drug-likeness (QED) is 0.639. The summed E-state index contributed by atoms with van der Waals surface area (Å²) >= 11 is 0. The summed E-state index contributed by atoms with van der Waals surface area (Å²) in [6.07, 6.45) is 5.53. The van der Waals surface area contributed by atoms with E-state index in [1.54, 1.807) is 0 Å². The zero-order valence-electron chi connectivity index (χ0n) is 12.2. The lowest BCUT2D eigenvalue weighted by atomic mass is 10.1. The highest BCUT2D eigenvalue weighted by Gasteiger charge is 2.29. The van der Waals surface area contributed by atoms with Crippen LogP contribution in [0.15, 0.2) is 0 Å². The first-order valence-corrected chi connectivity index (χ1v) is 7.16. The van der Waals surface area contributed by atoms with Gasteiger partial charge in [-0.2, -0.15) is 0 Å². The Balaban J connectivity index is 2.37. The normalized spacial score (nSPS) is 17.2. The van der Waals surface area contributed by atoms with Crippen LogP contribution in [0.1, 0.15) is 46.0 Å². The van der Waals surface area contributed by atoms with Gasteiger partial charge in [-0.05, 0) is 39.2 Å². The van der Waals surface area contributed by atoms with Crippen LogP contribution in [0.3, 0.4) is 0 Å². The van der Waals surface area contributed by atoms with Gasteiger partial charge in [0.25, 0.3) is 0 Å². The molecular weight excluding hydrogens is 228 g/mol. The van der Waals surface area contributed by atoms with Gasteiger partial charge in [0.1, 0.15) is 6.04 Å². The fourth-order valence-electron chi connectivity index (χ4n) is 2.37. The molecule has 4 nitrogen and oxygen atoms in total. The minimum Gasteiger partial charge on any atom is -0.468 e. The first-order chi connectivity index (χ1) is 8.62. The van der Waals surface area contributed by atoms with Crippen molar-refractivity contribution in [3.05, 3.63) is 0 Å². The minimum absolute atomic E-state index is 0.125. The molecule has 1 N–H and O–H groups in total. The number of nitrogens with zero attached hydrogens (tertiary/aromatic N) is 1. The summed E-state index contributed by atoms with van der Waals surface area (Å²) in [4.78, 5) is 14.0. The third-order valence-electron chi connectivity index (χ3n) is 3.84. The second-order valence-corrected chi connectivity index (χ2v) is 5.26. The molecule has 1 saturated carbocycles. The maximum absolute atomic E-state index is 11.7. The summed E-state index contributed by atoms with van der Waals surface area (Å²) in [5.74, 6) is -0.125. The minimum atomic E-state index is -0.140. The van der Waals surface area contributed by atoms with Gasteiger partial charge < -0.3 is 15.0 Å². The van der Waals surface area contributed by atoms with E-state index in [2.05, 4.69) is 31.1 Å². The number of esters is 1. The average molecular weight is 256 g/mol. The van der Waals surface area contributed by atoms with Gasteiger partial charge in [-0.3, -0.25) is 4.79 Å². The Morgan fingerprint density at radius 3 is 2.44 bits per heavy atom. The van der Waals surface area contributed by atoms with Gasteiger partial charge in [0.15, 0.2) is 0 Å². The molecule has 106 valence electrons. The number of hydrogen-bond acceptors (Lipinski definition) is 4. The Morgan fingerprint density at radius 1 is 1.39 bits per heavy atom. The number of methoxy groups -OCH3 is 1. The standard InChI is InChI=1S/C14H28N2O2/c1-5-12(6-2)16(3)10-9-13(14(17)18-4)15-11-7-8-11/h11-13,15H,5-10H2,1-4H3. The molecule has 18 heavy (non-hydrogen) atoms. The van der Waals surface area contributed by atoms with Crippen molar-refractivity contribution in [3.8, 4) is 0 Å². The van der Waals surface area contributed by atoms with Gasteiger partial charge in [0.2, 0.25) is 0 Å². The molecule has 0 amide bonds. The van der Waals surface area contributed by atoms with Crippen LogP contribution >= 0.6 is 0 Å². The number of carbonyl (C=O) groups excluding carboxylic acids is 1. The second kappa shape index (κ2) is 7.74. The van der Waals surface area contributed by atoms with Crippen molar-refractivity contribution >= 4 is 5.97 Å². The van der Waals surface area contributed by atoms with Crippen molar-refractivity contribution in [3.63, 3.8) is 0 Å². The molecule has 4 heteroatoms. The van der Waals surface area contributed by atoms with Gasteiger partial charge >= 0.3 is 5.97 Å². The van der Waals surface area contributed by atoms with E-state index in [-0.39, 0.29) is 12.0 Å². The smallest absolute Gasteiger partial charge is 0.322 e. The fraction of sp³-hybridized carbons (Fsp3) is 0.929. The number of nitrogens with one attached hydrogen (secondary N) is 1. The Bertz CT molecular complexity index is 250. The molecule has 0 saturated heterocycles. The molecule has 1 fully saturated rings. The highest BCUT2D eigenvalue weighted by Crippen LogP contribution is 2.20. The Hall–Kier alpha value is -0.610. The molecule has 1 unspecified atom stereocenters. The van der Waals surface area contributed by atoms with Gasteiger partial charge in [0.05, 0.1) is 7.11 Å². The Labute approximate surface area is 111 Å². The van der Waals surface area contributed by atoms with Crippen molar-refractivity contribution < 1.29 is 9.53 Å². The number of hydrogen-bond donors (Lipinski definition) is 1. The highest BCUT2D eigenvalue weighted by atomic mass is 16.5. The van der Waals surface area contributed by atoms with E-state index in [0.717, 1.165) is 25.8 Å². The summed E-state index contributed by atoms with van der Waals surface area (Å²) in [6, 6.07) is 1.01. The molecule has 1 aliphatic carbocycles. The monoisotopic (exact) mass is 256 g/mol. The maximum atomic E-state index is 11.7. The molecule has 1 aliphatic rings. The lowest BCUT2D eigenvalue weighted by Gasteiger charge is -2.27. The fourth-order valence-corrected chi connectivity index (χ4v) is 2.37. The van der Waals surface area contributed by atoms with E-state index in [1.807, 2.05) is 0 Å². The molecule has 1 rings (SSSR count). The lowest BCUT2D eigenvalue weighted by molar-refractivity contribution is -0.143. The third-order valence-corrected chi connectivity index (χ3v) is 3.84. The summed E-state index contributed by atoms with van der Waals surface area (Å²) in [5.41, 5.74) is 0. The number of rotatable bonds is 9. The first-order valence-electron chi connectivity index (χ1n) is 7.16. The molecule has 0 radical (unpaired) electrons. The van der Waals surface area contributed by atoms with E-state index in [0.29, 0.717) is 12.1 Å². The van der Waals surface area contributed by atoms with Crippen LogP contribution in [0.25, 0.3) is 0 Å². The molecule has 0 aromatic heterocycles. The Morgan fingerprint density at radius 2 is 2.00 bits per heavy atom. The van der Waals surface area contributed by atoms with Crippen molar-refractivity contribution in [2.45, 2.75) is 64.1 Å². The van der Waals surface area contributed by atoms with Gasteiger partial charge in [-0.1, -0.05) is 13.8 Å². The van der Waals surface area contributed by atoms with Crippen LogP contribution in [-0.4, -0.2) is 49.7 Å². The summed E-state index contributed by atoms with van der Waals surface area (Å²) in [6.45, 7) is 5.36. The van der Waals surface area contributed by atoms with Crippen LogP contribution in [0.4, 0.5) is 0 Å². The highest BCUT2D eigenvalue weighted by molar-refractivity contribution is 5.75. The summed E-state index contributed by atoms with van der Waals surface area (Å²) in [5, 5.41) is 3.37. The Kier molecular flexibility index (Phi) is 6.65. The zero-order chi connectivity index (χ0) is 13.5.